The van der Waals surface area contributed by atoms with E-state index in [0.29, 0.717) is 43.1 Å². The Labute approximate surface area is 181 Å². The molecular weight excluding hydrogens is 397 g/mol. The molecule has 0 radical (unpaired) electrons. The number of Topliss-reactive ketones (excluding diaryl/α,β-unsaturated/α-hetero) is 1. The van der Waals surface area contributed by atoms with Gasteiger partial charge in [0.1, 0.15) is 5.76 Å². The molecule has 1 amide bonds. The lowest BCUT2D eigenvalue weighted by Gasteiger charge is -2.43. The second kappa shape index (κ2) is 8.21. The number of carbonyl (C=O) groups is 2. The Morgan fingerprint density at radius 3 is 2.26 bits per heavy atom. The van der Waals surface area contributed by atoms with Crippen molar-refractivity contribution in [1.82, 2.24) is 14.9 Å². The number of benzene rings is 1. The van der Waals surface area contributed by atoms with Crippen LogP contribution in [0.5, 0.6) is 0 Å². The number of amides is 1. The predicted molar refractivity (Wildman–Crippen MR) is 114 cm³/mol. The van der Waals surface area contributed by atoms with E-state index in [2.05, 4.69) is 9.97 Å². The smallest absolute Gasteiger partial charge is 0.209 e. The maximum Gasteiger partial charge on any atom is 0.209 e. The first-order chi connectivity index (χ1) is 14.9. The van der Waals surface area contributed by atoms with Gasteiger partial charge in [-0.3, -0.25) is 9.59 Å². The first-order valence-electron chi connectivity index (χ1n) is 10.4. The summed E-state index contributed by atoms with van der Waals surface area (Å²) in [4.78, 5) is 34.4. The molecule has 1 saturated heterocycles. The Balaban J connectivity index is 1.72. The summed E-state index contributed by atoms with van der Waals surface area (Å²) in [7, 11) is 1.62. The largest absolute Gasteiger partial charge is 0.500 e. The minimum Gasteiger partial charge on any atom is -0.500 e. The first kappa shape index (κ1) is 21.2. The van der Waals surface area contributed by atoms with Gasteiger partial charge in [0.15, 0.2) is 17.4 Å². The molecule has 0 unspecified atom stereocenters. The molecule has 2 aliphatic rings. The third-order valence-electron chi connectivity index (χ3n) is 6.54. The van der Waals surface area contributed by atoms with E-state index in [1.54, 1.807) is 12.0 Å². The van der Waals surface area contributed by atoms with Crippen LogP contribution in [0.4, 0.5) is 4.39 Å². The van der Waals surface area contributed by atoms with Crippen LogP contribution < -0.4 is 0 Å². The van der Waals surface area contributed by atoms with Crippen molar-refractivity contribution in [2.75, 3.05) is 20.2 Å². The molecule has 1 aliphatic heterocycles. The average Bonchev–Trinajstić information content (AvgIpc) is 2.75. The number of ether oxygens (including phenoxy) is 1. The molecule has 0 bridgehead atoms. The maximum absolute atomic E-state index is 13.4. The van der Waals surface area contributed by atoms with Crippen molar-refractivity contribution in [2.45, 2.75) is 39.5 Å². The molecule has 2 heterocycles. The number of aromatic nitrogens is 2. The number of carbonyl (C=O) groups excluding carboxylic acids is 2. The van der Waals surface area contributed by atoms with Gasteiger partial charge in [0, 0.05) is 31.5 Å². The number of piperidine rings is 1. The average molecular weight is 423 g/mol. The van der Waals surface area contributed by atoms with Crippen molar-refractivity contribution in [1.29, 1.82) is 0 Å². The lowest BCUT2D eigenvalue weighted by molar-refractivity contribution is -0.122. The molecule has 31 heavy (non-hydrogen) atoms. The highest BCUT2D eigenvalue weighted by Gasteiger charge is 2.43. The molecular formula is C24H26FN3O3. The summed E-state index contributed by atoms with van der Waals surface area (Å²) >= 11 is 0. The molecule has 1 aliphatic carbocycles. The van der Waals surface area contributed by atoms with Crippen LogP contribution in [0, 0.1) is 25.1 Å². The van der Waals surface area contributed by atoms with Crippen LogP contribution in [0.1, 0.15) is 42.4 Å². The number of likely N-dealkylation sites (tertiary alicyclic amines) is 1. The number of hydrogen-bond acceptors (Lipinski definition) is 5. The van der Waals surface area contributed by atoms with Gasteiger partial charge in [-0.2, -0.15) is 0 Å². The second-order valence-electron chi connectivity index (χ2n) is 8.63. The van der Waals surface area contributed by atoms with Crippen LogP contribution in [0.15, 0.2) is 30.3 Å². The zero-order valence-electron chi connectivity index (χ0n) is 18.1. The zero-order chi connectivity index (χ0) is 22.2. The number of rotatable bonds is 4. The monoisotopic (exact) mass is 423 g/mol. The molecule has 1 aromatic heterocycles. The highest BCUT2D eigenvalue weighted by atomic mass is 19.1. The minimum atomic E-state index is -0.482. The Bertz CT molecular complexity index is 1030. The third kappa shape index (κ3) is 3.96. The Morgan fingerprint density at radius 1 is 1.10 bits per heavy atom. The zero-order valence-corrected chi connectivity index (χ0v) is 18.1. The van der Waals surface area contributed by atoms with Gasteiger partial charge in [-0.15, -0.1) is 0 Å². The summed E-state index contributed by atoms with van der Waals surface area (Å²) in [5.74, 6) is 0.757. The Hall–Kier alpha value is -3.09. The van der Waals surface area contributed by atoms with Crippen molar-refractivity contribution in [2.24, 2.45) is 5.41 Å². The van der Waals surface area contributed by atoms with Crippen LogP contribution in [0.25, 0.3) is 17.0 Å². The molecule has 2 aromatic rings. The number of methoxy groups -OCH3 is 1. The van der Waals surface area contributed by atoms with Gasteiger partial charge >= 0.3 is 0 Å². The van der Waals surface area contributed by atoms with E-state index in [1.165, 1.54) is 0 Å². The van der Waals surface area contributed by atoms with Gasteiger partial charge in [-0.25, -0.2) is 14.4 Å². The van der Waals surface area contributed by atoms with Crippen LogP contribution >= 0.6 is 0 Å². The van der Waals surface area contributed by atoms with E-state index in [1.807, 2.05) is 26.0 Å². The van der Waals surface area contributed by atoms with Gasteiger partial charge < -0.3 is 9.64 Å². The fraction of sp³-hybridized carbons (Fsp3) is 0.417. The summed E-state index contributed by atoms with van der Waals surface area (Å²) in [6, 6.07) is 3.85. The van der Waals surface area contributed by atoms with Crippen molar-refractivity contribution in [3.63, 3.8) is 0 Å². The van der Waals surface area contributed by atoms with E-state index in [0.717, 1.165) is 53.9 Å². The molecule has 4 rings (SSSR count). The highest BCUT2D eigenvalue weighted by molar-refractivity contribution is 6.23. The van der Waals surface area contributed by atoms with Crippen molar-refractivity contribution >= 4 is 17.8 Å². The van der Waals surface area contributed by atoms with Crippen LogP contribution in [0.3, 0.4) is 0 Å². The number of halogens is 1. The lowest BCUT2D eigenvalue weighted by Crippen LogP contribution is -2.42. The van der Waals surface area contributed by atoms with E-state index in [4.69, 9.17) is 4.74 Å². The first-order valence-corrected chi connectivity index (χ1v) is 10.4. The molecule has 162 valence electrons. The summed E-state index contributed by atoms with van der Waals surface area (Å²) < 4.78 is 18.9. The highest BCUT2D eigenvalue weighted by Crippen LogP contribution is 2.48. The summed E-state index contributed by atoms with van der Waals surface area (Å²) in [5, 5.41) is 0. The van der Waals surface area contributed by atoms with Crippen LogP contribution in [-0.4, -0.2) is 47.3 Å². The van der Waals surface area contributed by atoms with Crippen LogP contribution in [-0.2, 0) is 14.3 Å². The van der Waals surface area contributed by atoms with Crippen molar-refractivity contribution in [3.8, 4) is 11.4 Å². The molecule has 0 N–H and O–H groups in total. The molecule has 0 saturated carbocycles. The SMILES string of the molecule is COC1=C(c2c(C)cc(-c3ncc(F)cn3)cc2C)C(=O)CC2(CCN(C=O)CC2)C1. The molecule has 0 atom stereocenters. The lowest BCUT2D eigenvalue weighted by atomic mass is 9.66. The number of nitrogens with zero attached hydrogens (tertiary/aromatic N) is 3. The number of ketones is 1. The van der Waals surface area contributed by atoms with Gasteiger partial charge in [-0.1, -0.05) is 0 Å². The van der Waals surface area contributed by atoms with E-state index in [-0.39, 0.29) is 11.2 Å². The number of aryl methyl sites for hydroxylation is 2. The Morgan fingerprint density at radius 2 is 1.71 bits per heavy atom. The summed E-state index contributed by atoms with van der Waals surface area (Å²) in [6.07, 6.45) is 5.93. The topological polar surface area (TPSA) is 72.4 Å². The van der Waals surface area contributed by atoms with Crippen molar-refractivity contribution in [3.05, 3.63) is 52.8 Å². The fourth-order valence-corrected chi connectivity index (χ4v) is 4.93. The molecule has 7 heteroatoms. The van der Waals surface area contributed by atoms with E-state index in [9.17, 15) is 14.0 Å². The molecule has 1 fully saturated rings. The van der Waals surface area contributed by atoms with E-state index >= 15 is 0 Å². The molecule has 1 aromatic carbocycles. The van der Waals surface area contributed by atoms with Crippen molar-refractivity contribution < 1.29 is 18.7 Å². The quantitative estimate of drug-likeness (QED) is 0.699. The minimum absolute atomic E-state index is 0.0830. The predicted octanol–water partition coefficient (Wildman–Crippen LogP) is 3.86. The summed E-state index contributed by atoms with van der Waals surface area (Å²) in [5.41, 5.74) is 4.01. The standard InChI is InChI=1S/C24H26FN3O3/c1-15-8-17(23-26-12-18(25)13-27-23)9-16(2)21(15)22-19(30)10-24(11-20(22)31-3)4-6-28(14-29)7-5-24/h8-9,12-14H,4-7,10-11H2,1-3H3. The Kier molecular flexibility index (Phi) is 5.60. The van der Waals surface area contributed by atoms with Gasteiger partial charge in [-0.05, 0) is 60.9 Å². The summed E-state index contributed by atoms with van der Waals surface area (Å²) in [6.45, 7) is 5.26. The van der Waals surface area contributed by atoms with Gasteiger partial charge in [0.25, 0.3) is 0 Å². The molecule has 1 spiro atoms. The fourth-order valence-electron chi connectivity index (χ4n) is 4.93. The number of allylic oxidation sites excluding steroid dienone is 2. The second-order valence-corrected chi connectivity index (χ2v) is 8.63. The van der Waals surface area contributed by atoms with Gasteiger partial charge in [0.2, 0.25) is 6.41 Å². The van der Waals surface area contributed by atoms with Crippen LogP contribution in [0.2, 0.25) is 0 Å². The maximum atomic E-state index is 13.4. The van der Waals surface area contributed by atoms with Gasteiger partial charge in [0.05, 0.1) is 25.1 Å². The van der Waals surface area contributed by atoms with E-state index < -0.39 is 5.82 Å². The number of hydrogen-bond donors (Lipinski definition) is 0. The molecule has 6 nitrogen and oxygen atoms in total. The normalized spacial score (nSPS) is 18.5. The third-order valence-corrected chi connectivity index (χ3v) is 6.54.